The van der Waals surface area contributed by atoms with Crippen molar-refractivity contribution >= 4 is 29.1 Å². The van der Waals surface area contributed by atoms with E-state index in [0.29, 0.717) is 0 Å². The summed E-state index contributed by atoms with van der Waals surface area (Å²) in [5.74, 6) is 1.07. The summed E-state index contributed by atoms with van der Waals surface area (Å²) >= 11 is 0. The molecule has 0 amide bonds. The highest BCUT2D eigenvalue weighted by atomic mass is 15.3. The zero-order valence-corrected chi connectivity index (χ0v) is 16.5. The molecule has 0 atom stereocenters. The fourth-order valence-corrected chi connectivity index (χ4v) is 4.20. The van der Waals surface area contributed by atoms with Crippen molar-refractivity contribution in [2.24, 2.45) is 4.99 Å². The van der Waals surface area contributed by atoms with Gasteiger partial charge in [0, 0.05) is 50.8 Å². The minimum Gasteiger partial charge on any atom is -0.368 e. The predicted octanol–water partition coefficient (Wildman–Crippen LogP) is 4.13. The summed E-state index contributed by atoms with van der Waals surface area (Å²) in [5, 5.41) is 0. The molecule has 1 fully saturated rings. The second-order valence-corrected chi connectivity index (χ2v) is 7.47. The second-order valence-electron chi connectivity index (χ2n) is 7.47. The molecule has 0 aliphatic carbocycles. The van der Waals surface area contributed by atoms with Gasteiger partial charge >= 0.3 is 0 Å². The van der Waals surface area contributed by atoms with E-state index in [1.54, 1.807) is 0 Å². The van der Waals surface area contributed by atoms with Crippen LogP contribution < -0.4 is 14.7 Å². The van der Waals surface area contributed by atoms with Crippen LogP contribution in [0, 0.1) is 0 Å². The number of hydrogen-bond donors (Lipinski definition) is 0. The molecule has 0 spiro atoms. The number of fused-ring (bicyclic) bond motifs is 1. The zero-order valence-electron chi connectivity index (χ0n) is 16.5. The lowest BCUT2D eigenvalue weighted by Gasteiger charge is -2.38. The standard InChI is InChI=1S/C24H25N5/c1-3-9-22(27-15-17-28(18-16-27)24-11-5-6-12-26-24)20(7-1)19-29-14-13-25-21-8-2-4-10-23(21)29/h1-13H,14-19H2. The van der Waals surface area contributed by atoms with Crippen LogP contribution in [0.15, 0.2) is 77.9 Å². The Morgan fingerprint density at radius 3 is 2.28 bits per heavy atom. The summed E-state index contributed by atoms with van der Waals surface area (Å²) in [5.41, 5.74) is 4.97. The molecule has 0 saturated carbocycles. The third kappa shape index (κ3) is 3.68. The van der Waals surface area contributed by atoms with E-state index in [1.807, 2.05) is 18.5 Å². The Labute approximate surface area is 171 Å². The van der Waals surface area contributed by atoms with Gasteiger partial charge in [0.05, 0.1) is 17.9 Å². The smallest absolute Gasteiger partial charge is 0.128 e. The molecule has 29 heavy (non-hydrogen) atoms. The lowest BCUT2D eigenvalue weighted by molar-refractivity contribution is 0.644. The Hall–Kier alpha value is -3.34. The Morgan fingerprint density at radius 1 is 0.724 bits per heavy atom. The van der Waals surface area contributed by atoms with Crippen molar-refractivity contribution in [3.8, 4) is 0 Å². The molecule has 146 valence electrons. The molecule has 0 unspecified atom stereocenters. The fraction of sp³-hybridized carbons (Fsp3) is 0.250. The van der Waals surface area contributed by atoms with Crippen molar-refractivity contribution in [1.29, 1.82) is 0 Å². The number of anilines is 3. The van der Waals surface area contributed by atoms with Gasteiger partial charge in [-0.05, 0) is 35.9 Å². The summed E-state index contributed by atoms with van der Waals surface area (Å²) in [7, 11) is 0. The highest BCUT2D eigenvalue weighted by molar-refractivity contribution is 5.81. The zero-order chi connectivity index (χ0) is 19.5. The highest BCUT2D eigenvalue weighted by Gasteiger charge is 2.21. The lowest BCUT2D eigenvalue weighted by atomic mass is 10.1. The van der Waals surface area contributed by atoms with Gasteiger partial charge in [-0.2, -0.15) is 0 Å². The molecule has 0 N–H and O–H groups in total. The molecule has 5 rings (SSSR count). The number of benzene rings is 2. The van der Waals surface area contributed by atoms with Crippen molar-refractivity contribution in [1.82, 2.24) is 4.98 Å². The molecule has 1 saturated heterocycles. The van der Waals surface area contributed by atoms with Crippen LogP contribution in [0.2, 0.25) is 0 Å². The van der Waals surface area contributed by atoms with Crippen LogP contribution >= 0.6 is 0 Å². The van der Waals surface area contributed by atoms with Gasteiger partial charge < -0.3 is 14.7 Å². The quantitative estimate of drug-likeness (QED) is 0.679. The largest absolute Gasteiger partial charge is 0.368 e. The van der Waals surface area contributed by atoms with Gasteiger partial charge in [-0.3, -0.25) is 4.99 Å². The van der Waals surface area contributed by atoms with E-state index in [1.165, 1.54) is 16.9 Å². The molecule has 2 aromatic carbocycles. The molecule has 3 aromatic rings. The van der Waals surface area contributed by atoms with Crippen LogP contribution in [-0.2, 0) is 6.54 Å². The average Bonchev–Trinajstić information content (AvgIpc) is 2.80. The molecule has 5 nitrogen and oxygen atoms in total. The number of para-hydroxylation sites is 3. The molecule has 0 radical (unpaired) electrons. The number of aliphatic imine (C=N–C) groups is 1. The van der Waals surface area contributed by atoms with Crippen LogP contribution in [0.1, 0.15) is 5.56 Å². The maximum atomic E-state index is 4.55. The topological polar surface area (TPSA) is 35.0 Å². The van der Waals surface area contributed by atoms with Gasteiger partial charge in [-0.1, -0.05) is 36.4 Å². The summed E-state index contributed by atoms with van der Waals surface area (Å²) in [4.78, 5) is 16.3. The van der Waals surface area contributed by atoms with Gasteiger partial charge in [0.15, 0.2) is 0 Å². The summed E-state index contributed by atoms with van der Waals surface area (Å²) in [6.45, 7) is 5.73. The first-order valence-electron chi connectivity index (χ1n) is 10.2. The molecular weight excluding hydrogens is 358 g/mol. The van der Waals surface area contributed by atoms with Crippen LogP contribution in [0.25, 0.3) is 0 Å². The van der Waals surface area contributed by atoms with E-state index in [4.69, 9.17) is 0 Å². The number of aromatic nitrogens is 1. The van der Waals surface area contributed by atoms with E-state index in [0.717, 1.165) is 50.8 Å². The van der Waals surface area contributed by atoms with Crippen molar-refractivity contribution in [3.63, 3.8) is 0 Å². The minimum absolute atomic E-state index is 0.846. The van der Waals surface area contributed by atoms with Crippen molar-refractivity contribution in [3.05, 3.63) is 78.5 Å². The maximum Gasteiger partial charge on any atom is 0.128 e. The van der Waals surface area contributed by atoms with E-state index in [-0.39, 0.29) is 0 Å². The Balaban J connectivity index is 1.33. The summed E-state index contributed by atoms with van der Waals surface area (Å²) in [6, 6.07) is 23.3. The van der Waals surface area contributed by atoms with Gasteiger partial charge in [-0.25, -0.2) is 4.98 Å². The molecular formula is C24H25N5. The first-order valence-corrected chi connectivity index (χ1v) is 10.2. The SMILES string of the molecule is C1=Nc2ccccc2N(Cc2ccccc2N2CCN(c3ccccn3)CC2)C1. The van der Waals surface area contributed by atoms with Gasteiger partial charge in [0.2, 0.25) is 0 Å². The van der Waals surface area contributed by atoms with E-state index in [9.17, 15) is 0 Å². The third-order valence-electron chi connectivity index (χ3n) is 5.70. The van der Waals surface area contributed by atoms with E-state index < -0.39 is 0 Å². The molecule has 2 aliphatic heterocycles. The Morgan fingerprint density at radius 2 is 1.45 bits per heavy atom. The third-order valence-corrected chi connectivity index (χ3v) is 5.70. The number of hydrogen-bond acceptors (Lipinski definition) is 5. The first-order chi connectivity index (χ1) is 14.4. The Kier molecular flexibility index (Phi) is 4.87. The van der Waals surface area contributed by atoms with E-state index in [2.05, 4.69) is 85.3 Å². The van der Waals surface area contributed by atoms with Crippen molar-refractivity contribution in [2.75, 3.05) is 47.4 Å². The van der Waals surface area contributed by atoms with E-state index >= 15 is 0 Å². The number of piperazine rings is 1. The number of rotatable bonds is 4. The van der Waals surface area contributed by atoms with Crippen molar-refractivity contribution < 1.29 is 0 Å². The second kappa shape index (κ2) is 7.95. The molecule has 3 heterocycles. The summed E-state index contributed by atoms with van der Waals surface area (Å²) < 4.78 is 0. The maximum absolute atomic E-state index is 4.55. The fourth-order valence-electron chi connectivity index (χ4n) is 4.20. The van der Waals surface area contributed by atoms with Crippen LogP contribution in [0.4, 0.5) is 22.9 Å². The monoisotopic (exact) mass is 383 g/mol. The van der Waals surface area contributed by atoms with Crippen LogP contribution in [-0.4, -0.2) is 43.9 Å². The molecule has 1 aromatic heterocycles. The molecule has 2 aliphatic rings. The lowest BCUT2D eigenvalue weighted by Crippen LogP contribution is -2.47. The van der Waals surface area contributed by atoms with Crippen LogP contribution in [0.3, 0.4) is 0 Å². The summed E-state index contributed by atoms with van der Waals surface area (Å²) in [6.07, 6.45) is 3.88. The number of nitrogens with zero attached hydrogens (tertiary/aromatic N) is 5. The predicted molar refractivity (Wildman–Crippen MR) is 121 cm³/mol. The van der Waals surface area contributed by atoms with Crippen LogP contribution in [0.5, 0.6) is 0 Å². The normalized spacial score (nSPS) is 16.1. The van der Waals surface area contributed by atoms with Gasteiger partial charge in [0.25, 0.3) is 0 Å². The number of pyridine rings is 1. The minimum atomic E-state index is 0.846. The van der Waals surface area contributed by atoms with Gasteiger partial charge in [0.1, 0.15) is 5.82 Å². The Bertz CT molecular complexity index is 993. The highest BCUT2D eigenvalue weighted by Crippen LogP contribution is 2.33. The first kappa shape index (κ1) is 17.7. The van der Waals surface area contributed by atoms with Crippen molar-refractivity contribution in [2.45, 2.75) is 6.54 Å². The average molecular weight is 383 g/mol. The molecule has 0 bridgehead atoms. The molecule has 5 heteroatoms. The van der Waals surface area contributed by atoms with Gasteiger partial charge in [-0.15, -0.1) is 0 Å².